The summed E-state index contributed by atoms with van der Waals surface area (Å²) in [7, 11) is 0. The summed E-state index contributed by atoms with van der Waals surface area (Å²) in [5, 5.41) is 18.2. The highest BCUT2D eigenvalue weighted by Gasteiger charge is 2.17. The van der Waals surface area contributed by atoms with Crippen LogP contribution >= 0.6 is 11.6 Å². The van der Waals surface area contributed by atoms with Crippen molar-refractivity contribution < 1.29 is 19.8 Å². The number of aromatic carboxylic acids is 2. The molecule has 6 nitrogen and oxygen atoms in total. The zero-order valence-electron chi connectivity index (χ0n) is 8.22. The van der Waals surface area contributed by atoms with Crippen LogP contribution in [0.15, 0.2) is 18.2 Å². The number of carbonyl (C=O) groups is 2. The van der Waals surface area contributed by atoms with E-state index in [0.29, 0.717) is 5.02 Å². The minimum Gasteiger partial charge on any atom is -0.476 e. The van der Waals surface area contributed by atoms with Crippen molar-refractivity contribution in [3.05, 3.63) is 34.7 Å². The normalized spacial score (nSPS) is 10.4. The highest BCUT2D eigenvalue weighted by atomic mass is 35.5. The van der Waals surface area contributed by atoms with E-state index in [1.54, 1.807) is 0 Å². The van der Waals surface area contributed by atoms with E-state index in [2.05, 4.69) is 9.97 Å². The number of carboxylic acids is 2. The number of benzene rings is 1. The first-order valence-corrected chi connectivity index (χ1v) is 4.80. The first-order valence-electron chi connectivity index (χ1n) is 4.43. The minimum atomic E-state index is -1.38. The fraction of sp³-hybridized carbons (Fsp3) is 0. The molecule has 0 aliphatic carbocycles. The summed E-state index contributed by atoms with van der Waals surface area (Å²) in [4.78, 5) is 28.9. The van der Waals surface area contributed by atoms with E-state index >= 15 is 0 Å². The second-order valence-electron chi connectivity index (χ2n) is 3.17. The van der Waals surface area contributed by atoms with Crippen LogP contribution in [0, 0.1) is 0 Å². The summed E-state index contributed by atoms with van der Waals surface area (Å²) in [6.45, 7) is 0. The number of hydrogen-bond donors (Lipinski definition) is 2. The third-order valence-corrected chi connectivity index (χ3v) is 2.29. The molecule has 0 saturated heterocycles. The first kappa shape index (κ1) is 11.3. The number of nitrogens with zero attached hydrogens (tertiary/aromatic N) is 2. The van der Waals surface area contributed by atoms with Crippen molar-refractivity contribution in [1.82, 2.24) is 9.97 Å². The molecule has 2 aromatic rings. The van der Waals surface area contributed by atoms with Crippen LogP contribution in [0.25, 0.3) is 10.9 Å². The molecule has 0 bridgehead atoms. The van der Waals surface area contributed by atoms with Gasteiger partial charge in [0.25, 0.3) is 0 Å². The largest absolute Gasteiger partial charge is 0.476 e. The van der Waals surface area contributed by atoms with Crippen molar-refractivity contribution in [3.63, 3.8) is 0 Å². The summed E-state index contributed by atoms with van der Waals surface area (Å²) in [5.41, 5.74) is -0.158. The molecule has 86 valence electrons. The van der Waals surface area contributed by atoms with Crippen LogP contribution in [0.4, 0.5) is 0 Å². The van der Waals surface area contributed by atoms with Gasteiger partial charge in [0.15, 0.2) is 5.69 Å². The van der Waals surface area contributed by atoms with Crippen LogP contribution in [0.5, 0.6) is 0 Å². The summed E-state index contributed by atoms with van der Waals surface area (Å²) < 4.78 is 0. The summed E-state index contributed by atoms with van der Waals surface area (Å²) >= 11 is 5.73. The van der Waals surface area contributed by atoms with Crippen LogP contribution in [-0.4, -0.2) is 32.1 Å². The van der Waals surface area contributed by atoms with E-state index in [-0.39, 0.29) is 16.6 Å². The Bertz CT molecular complexity index is 641. The molecular formula is C10H5ClN2O4. The van der Waals surface area contributed by atoms with Crippen LogP contribution in [0.1, 0.15) is 21.1 Å². The Balaban J connectivity index is 2.86. The van der Waals surface area contributed by atoms with Gasteiger partial charge in [-0.15, -0.1) is 0 Å². The zero-order valence-corrected chi connectivity index (χ0v) is 8.97. The van der Waals surface area contributed by atoms with Crippen molar-refractivity contribution in [3.8, 4) is 0 Å². The monoisotopic (exact) mass is 252 g/mol. The van der Waals surface area contributed by atoms with E-state index in [9.17, 15) is 9.59 Å². The molecule has 2 N–H and O–H groups in total. The maximum atomic E-state index is 11.0. The highest BCUT2D eigenvalue weighted by Crippen LogP contribution is 2.20. The van der Waals surface area contributed by atoms with Crippen LogP contribution in [0.3, 0.4) is 0 Å². The van der Waals surface area contributed by atoms with E-state index in [1.807, 2.05) is 0 Å². The Labute approximate surface area is 99.5 Å². The molecule has 7 heteroatoms. The van der Waals surface area contributed by atoms with E-state index in [1.165, 1.54) is 18.2 Å². The molecule has 0 radical (unpaired) electrons. The van der Waals surface area contributed by atoms with Gasteiger partial charge in [-0.2, -0.15) is 0 Å². The molecular weight excluding hydrogens is 248 g/mol. The maximum absolute atomic E-state index is 11.0. The number of fused-ring (bicyclic) bond motifs is 1. The average molecular weight is 253 g/mol. The van der Waals surface area contributed by atoms with Crippen LogP contribution in [0.2, 0.25) is 5.02 Å². The van der Waals surface area contributed by atoms with Crippen LogP contribution < -0.4 is 0 Å². The van der Waals surface area contributed by atoms with Gasteiger partial charge >= 0.3 is 11.9 Å². The van der Waals surface area contributed by atoms with Gasteiger partial charge in [-0.3, -0.25) is 0 Å². The molecule has 1 heterocycles. The quantitative estimate of drug-likeness (QED) is 0.843. The van der Waals surface area contributed by atoms with Crippen molar-refractivity contribution in [2.24, 2.45) is 0 Å². The van der Waals surface area contributed by atoms with Gasteiger partial charge < -0.3 is 10.2 Å². The van der Waals surface area contributed by atoms with E-state index in [0.717, 1.165) is 0 Å². The van der Waals surface area contributed by atoms with Crippen LogP contribution in [-0.2, 0) is 0 Å². The predicted octanol–water partition coefficient (Wildman–Crippen LogP) is 1.68. The molecule has 0 atom stereocenters. The Hall–Kier alpha value is -2.21. The average Bonchev–Trinajstić information content (AvgIpc) is 2.27. The van der Waals surface area contributed by atoms with Gasteiger partial charge in [0.05, 0.1) is 5.52 Å². The minimum absolute atomic E-state index is 0.204. The van der Waals surface area contributed by atoms with Crippen molar-refractivity contribution >= 4 is 34.4 Å². The van der Waals surface area contributed by atoms with Gasteiger partial charge in [0.1, 0.15) is 0 Å². The molecule has 0 unspecified atom stereocenters. The lowest BCUT2D eigenvalue weighted by molar-refractivity contribution is 0.0681. The third kappa shape index (κ3) is 2.02. The lowest BCUT2D eigenvalue weighted by atomic mass is 10.2. The number of hydrogen-bond acceptors (Lipinski definition) is 4. The van der Waals surface area contributed by atoms with Gasteiger partial charge in [-0.1, -0.05) is 11.6 Å². The molecule has 0 amide bonds. The molecule has 1 aromatic heterocycles. The molecule has 2 rings (SSSR count). The lowest BCUT2D eigenvalue weighted by Gasteiger charge is -2.03. The van der Waals surface area contributed by atoms with Gasteiger partial charge in [0, 0.05) is 10.4 Å². The lowest BCUT2D eigenvalue weighted by Crippen LogP contribution is -2.10. The van der Waals surface area contributed by atoms with Crippen molar-refractivity contribution in [2.75, 3.05) is 0 Å². The number of rotatable bonds is 2. The predicted molar refractivity (Wildman–Crippen MR) is 58.5 cm³/mol. The third-order valence-electron chi connectivity index (χ3n) is 2.05. The molecule has 0 saturated carbocycles. The van der Waals surface area contributed by atoms with Crippen molar-refractivity contribution in [2.45, 2.75) is 0 Å². The summed E-state index contributed by atoms with van der Waals surface area (Å²) in [6, 6.07) is 4.32. The van der Waals surface area contributed by atoms with E-state index < -0.39 is 17.8 Å². The molecule has 0 aliphatic heterocycles. The second kappa shape index (κ2) is 3.99. The topological polar surface area (TPSA) is 100 Å². The summed E-state index contributed by atoms with van der Waals surface area (Å²) in [6.07, 6.45) is 0. The molecule has 0 aliphatic rings. The Morgan fingerprint density at radius 3 is 2.41 bits per heavy atom. The van der Waals surface area contributed by atoms with E-state index in [4.69, 9.17) is 21.8 Å². The Morgan fingerprint density at radius 2 is 1.82 bits per heavy atom. The number of carboxylic acid groups (broad SMARTS) is 2. The smallest absolute Gasteiger partial charge is 0.373 e. The maximum Gasteiger partial charge on any atom is 0.373 e. The molecule has 17 heavy (non-hydrogen) atoms. The fourth-order valence-corrected chi connectivity index (χ4v) is 1.53. The van der Waals surface area contributed by atoms with Crippen molar-refractivity contribution in [1.29, 1.82) is 0 Å². The standard InChI is InChI=1S/C10H5ClN2O4/c11-4-1-2-6-5(3-4)7(9(14)15)13-8(12-6)10(16)17/h1-3H,(H,14,15)(H,16,17). The SMILES string of the molecule is O=C(O)c1nc(C(=O)O)c2cc(Cl)ccc2n1. The highest BCUT2D eigenvalue weighted by molar-refractivity contribution is 6.31. The van der Waals surface area contributed by atoms with Gasteiger partial charge in [-0.25, -0.2) is 19.6 Å². The number of halogens is 1. The zero-order chi connectivity index (χ0) is 12.6. The summed E-state index contributed by atoms with van der Waals surface area (Å²) in [5.74, 6) is -3.27. The molecule has 0 fully saturated rings. The fourth-order valence-electron chi connectivity index (χ4n) is 1.36. The number of aromatic nitrogens is 2. The van der Waals surface area contributed by atoms with Gasteiger partial charge in [-0.05, 0) is 18.2 Å². The van der Waals surface area contributed by atoms with Gasteiger partial charge in [0.2, 0.25) is 5.82 Å². The first-order chi connectivity index (χ1) is 7.99. The second-order valence-corrected chi connectivity index (χ2v) is 3.60. The molecule has 0 spiro atoms. The Morgan fingerprint density at radius 1 is 1.12 bits per heavy atom. The Kier molecular flexibility index (Phi) is 2.64. The molecule has 1 aromatic carbocycles.